The van der Waals surface area contributed by atoms with Crippen molar-refractivity contribution in [1.29, 1.82) is 0 Å². The molecule has 0 fully saturated rings. The van der Waals surface area contributed by atoms with Crippen molar-refractivity contribution in [2.75, 3.05) is 13.7 Å². The van der Waals surface area contributed by atoms with Crippen molar-refractivity contribution < 1.29 is 14.6 Å². The molecule has 0 aliphatic carbocycles. The molecule has 0 bridgehead atoms. The quantitative estimate of drug-likeness (QED) is 0.775. The lowest BCUT2D eigenvalue weighted by atomic mass is 10.0. The molecule has 1 atom stereocenters. The van der Waals surface area contributed by atoms with Crippen LogP contribution in [0.1, 0.15) is 23.6 Å². The Kier molecular flexibility index (Phi) is 4.87. The normalized spacial score (nSPS) is 14.1. The Morgan fingerprint density at radius 1 is 1.39 bits per heavy atom. The van der Waals surface area contributed by atoms with E-state index in [1.54, 1.807) is 6.92 Å². The molecule has 1 aromatic carbocycles. The van der Waals surface area contributed by atoms with E-state index in [2.05, 4.69) is 23.0 Å². The maximum absolute atomic E-state index is 11.6. The van der Waals surface area contributed by atoms with E-state index in [4.69, 9.17) is 0 Å². The standard InChI is InChI=1S/C14H21NO3/c1-10-5-6-12(7-11(10)2)8-15-14(3,9-16)13(17)18-4/h5-7,15-16H,8-9H2,1-4H3. The predicted molar refractivity (Wildman–Crippen MR) is 70.3 cm³/mol. The fourth-order valence-electron chi connectivity index (χ4n) is 1.63. The molecule has 18 heavy (non-hydrogen) atoms. The molecule has 2 N–H and O–H groups in total. The van der Waals surface area contributed by atoms with E-state index >= 15 is 0 Å². The largest absolute Gasteiger partial charge is 0.468 e. The summed E-state index contributed by atoms with van der Waals surface area (Å²) in [5.41, 5.74) is 2.45. The van der Waals surface area contributed by atoms with Gasteiger partial charge in [0.25, 0.3) is 0 Å². The minimum absolute atomic E-state index is 0.301. The molecule has 0 aliphatic heterocycles. The number of methoxy groups -OCH3 is 1. The van der Waals surface area contributed by atoms with Gasteiger partial charge in [-0.2, -0.15) is 0 Å². The topological polar surface area (TPSA) is 58.6 Å². The highest BCUT2D eigenvalue weighted by Gasteiger charge is 2.32. The molecule has 4 heteroatoms. The minimum atomic E-state index is -1.06. The second-order valence-electron chi connectivity index (χ2n) is 4.75. The molecule has 0 aromatic heterocycles. The lowest BCUT2D eigenvalue weighted by Crippen LogP contribution is -2.52. The van der Waals surface area contributed by atoms with Crippen LogP contribution in [0.15, 0.2) is 18.2 Å². The summed E-state index contributed by atoms with van der Waals surface area (Å²) < 4.78 is 4.68. The first-order chi connectivity index (χ1) is 8.42. The van der Waals surface area contributed by atoms with Crippen molar-refractivity contribution in [3.63, 3.8) is 0 Å². The van der Waals surface area contributed by atoms with Gasteiger partial charge in [0.2, 0.25) is 0 Å². The van der Waals surface area contributed by atoms with E-state index in [0.29, 0.717) is 6.54 Å². The highest BCUT2D eigenvalue weighted by atomic mass is 16.5. The maximum Gasteiger partial charge on any atom is 0.328 e. The number of ether oxygens (including phenoxy) is 1. The molecule has 0 saturated carbocycles. The summed E-state index contributed by atoms with van der Waals surface area (Å²) >= 11 is 0. The second kappa shape index (κ2) is 5.98. The zero-order valence-electron chi connectivity index (χ0n) is 11.4. The average molecular weight is 251 g/mol. The third-order valence-electron chi connectivity index (χ3n) is 3.21. The molecule has 4 nitrogen and oxygen atoms in total. The SMILES string of the molecule is COC(=O)C(C)(CO)NCc1ccc(C)c(C)c1. The van der Waals surface area contributed by atoms with Crippen LogP contribution in [0.5, 0.6) is 0 Å². The Balaban J connectivity index is 2.73. The lowest BCUT2D eigenvalue weighted by molar-refractivity contribution is -0.149. The molecule has 0 heterocycles. The van der Waals surface area contributed by atoms with Gasteiger partial charge >= 0.3 is 5.97 Å². The van der Waals surface area contributed by atoms with Crippen molar-refractivity contribution in [1.82, 2.24) is 5.32 Å². The molecule has 1 rings (SSSR count). The molecule has 0 amide bonds. The minimum Gasteiger partial charge on any atom is -0.468 e. The molecule has 0 saturated heterocycles. The number of carbonyl (C=O) groups is 1. The van der Waals surface area contributed by atoms with Gasteiger partial charge in [-0.25, -0.2) is 4.79 Å². The molecule has 0 spiro atoms. The van der Waals surface area contributed by atoms with E-state index in [0.717, 1.165) is 5.56 Å². The fraction of sp³-hybridized carbons (Fsp3) is 0.500. The van der Waals surface area contributed by atoms with Crippen molar-refractivity contribution in [2.24, 2.45) is 0 Å². The summed E-state index contributed by atoms with van der Waals surface area (Å²) in [7, 11) is 1.31. The first kappa shape index (κ1) is 14.7. The van der Waals surface area contributed by atoms with Gasteiger partial charge in [-0.15, -0.1) is 0 Å². The van der Waals surface area contributed by atoms with Crippen LogP contribution in [0.3, 0.4) is 0 Å². The van der Waals surface area contributed by atoms with Gasteiger partial charge < -0.3 is 9.84 Å². The molecule has 100 valence electrons. The maximum atomic E-state index is 11.6. The van der Waals surface area contributed by atoms with E-state index in [9.17, 15) is 9.90 Å². The Labute approximate surface area is 108 Å². The van der Waals surface area contributed by atoms with Gasteiger partial charge in [0.15, 0.2) is 0 Å². The zero-order chi connectivity index (χ0) is 13.8. The van der Waals surface area contributed by atoms with E-state index in [1.807, 2.05) is 19.1 Å². The van der Waals surface area contributed by atoms with E-state index < -0.39 is 11.5 Å². The van der Waals surface area contributed by atoms with Gasteiger partial charge in [0, 0.05) is 6.54 Å². The highest BCUT2D eigenvalue weighted by Crippen LogP contribution is 2.12. The Morgan fingerprint density at radius 3 is 2.56 bits per heavy atom. The number of aryl methyl sites for hydroxylation is 2. The number of esters is 1. The van der Waals surface area contributed by atoms with Crippen molar-refractivity contribution in [3.8, 4) is 0 Å². The van der Waals surface area contributed by atoms with Crippen LogP contribution in [0.25, 0.3) is 0 Å². The Morgan fingerprint density at radius 2 is 2.06 bits per heavy atom. The van der Waals surface area contributed by atoms with E-state index in [1.165, 1.54) is 18.2 Å². The summed E-state index contributed by atoms with van der Waals surface area (Å²) in [6, 6.07) is 6.11. The van der Waals surface area contributed by atoms with Gasteiger partial charge in [-0.1, -0.05) is 18.2 Å². The predicted octanol–water partition coefficient (Wildman–Crippen LogP) is 1.32. The average Bonchev–Trinajstić information content (AvgIpc) is 2.38. The second-order valence-corrected chi connectivity index (χ2v) is 4.75. The van der Waals surface area contributed by atoms with Gasteiger partial charge in [0.05, 0.1) is 13.7 Å². The highest BCUT2D eigenvalue weighted by molar-refractivity contribution is 5.80. The zero-order valence-corrected chi connectivity index (χ0v) is 11.4. The monoisotopic (exact) mass is 251 g/mol. The van der Waals surface area contributed by atoms with Crippen LogP contribution >= 0.6 is 0 Å². The van der Waals surface area contributed by atoms with Gasteiger partial charge in [0.1, 0.15) is 5.54 Å². The van der Waals surface area contributed by atoms with Crippen molar-refractivity contribution in [3.05, 3.63) is 34.9 Å². The number of aliphatic hydroxyl groups is 1. The summed E-state index contributed by atoms with van der Waals surface area (Å²) in [6.45, 7) is 5.93. The molecule has 0 radical (unpaired) electrons. The number of hydrogen-bond acceptors (Lipinski definition) is 4. The first-order valence-corrected chi connectivity index (χ1v) is 5.93. The number of rotatable bonds is 5. The summed E-state index contributed by atoms with van der Waals surface area (Å²) in [5, 5.41) is 12.3. The number of carbonyl (C=O) groups excluding carboxylic acids is 1. The van der Waals surface area contributed by atoms with Crippen LogP contribution in [-0.4, -0.2) is 30.3 Å². The van der Waals surface area contributed by atoms with Crippen LogP contribution in [0, 0.1) is 13.8 Å². The molecule has 1 aromatic rings. The smallest absolute Gasteiger partial charge is 0.328 e. The van der Waals surface area contributed by atoms with Crippen LogP contribution in [0.2, 0.25) is 0 Å². The van der Waals surface area contributed by atoms with Crippen molar-refractivity contribution >= 4 is 5.97 Å². The number of aliphatic hydroxyl groups excluding tert-OH is 1. The van der Waals surface area contributed by atoms with Crippen molar-refractivity contribution in [2.45, 2.75) is 32.9 Å². The fourth-order valence-corrected chi connectivity index (χ4v) is 1.63. The van der Waals surface area contributed by atoms with E-state index in [-0.39, 0.29) is 6.61 Å². The van der Waals surface area contributed by atoms with Crippen LogP contribution in [0.4, 0.5) is 0 Å². The third-order valence-corrected chi connectivity index (χ3v) is 3.21. The van der Waals surface area contributed by atoms with Crippen LogP contribution in [-0.2, 0) is 16.1 Å². The summed E-state index contributed by atoms with van der Waals surface area (Å²) in [6.07, 6.45) is 0. The van der Waals surface area contributed by atoms with Gasteiger partial charge in [-0.3, -0.25) is 5.32 Å². The number of hydrogen-bond donors (Lipinski definition) is 2. The first-order valence-electron chi connectivity index (χ1n) is 5.93. The molecule has 0 aliphatic rings. The molecular formula is C14H21NO3. The molecule has 1 unspecified atom stereocenters. The molecular weight excluding hydrogens is 230 g/mol. The Bertz CT molecular complexity index is 431. The lowest BCUT2D eigenvalue weighted by Gasteiger charge is -2.25. The Hall–Kier alpha value is -1.39. The third kappa shape index (κ3) is 3.31. The van der Waals surface area contributed by atoms with Gasteiger partial charge in [-0.05, 0) is 37.5 Å². The number of nitrogens with one attached hydrogen (secondary N) is 1. The summed E-state index contributed by atoms with van der Waals surface area (Å²) in [5.74, 6) is -0.464. The van der Waals surface area contributed by atoms with Crippen LogP contribution < -0.4 is 5.32 Å². The summed E-state index contributed by atoms with van der Waals surface area (Å²) in [4.78, 5) is 11.6. The number of benzene rings is 1.